The van der Waals surface area contributed by atoms with E-state index in [1.165, 1.54) is 36.6 Å². The molecule has 1 unspecified atom stereocenters. The lowest BCUT2D eigenvalue weighted by atomic mass is 9.90. The van der Waals surface area contributed by atoms with E-state index in [9.17, 15) is 0 Å². The van der Waals surface area contributed by atoms with Gasteiger partial charge in [0.15, 0.2) is 0 Å². The van der Waals surface area contributed by atoms with Crippen molar-refractivity contribution in [1.82, 2.24) is 19.9 Å². The summed E-state index contributed by atoms with van der Waals surface area (Å²) in [5, 5.41) is 4.80. The van der Waals surface area contributed by atoms with Crippen LogP contribution in [0, 0.1) is 0 Å². The maximum atomic E-state index is 4.59. The van der Waals surface area contributed by atoms with Crippen LogP contribution < -0.4 is 10.2 Å². The lowest BCUT2D eigenvalue weighted by Crippen LogP contribution is -2.15. The third kappa shape index (κ3) is 4.48. The Kier molecular flexibility index (Phi) is 5.86. The van der Waals surface area contributed by atoms with Crippen molar-refractivity contribution in [3.63, 3.8) is 0 Å². The molecule has 0 aliphatic heterocycles. The minimum Gasteiger partial charge on any atom is -0.354 e. The van der Waals surface area contributed by atoms with Gasteiger partial charge < -0.3 is 10.2 Å². The van der Waals surface area contributed by atoms with Gasteiger partial charge in [-0.25, -0.2) is 4.98 Å². The molecule has 2 heterocycles. The average molecular weight is 356 g/mol. The summed E-state index contributed by atoms with van der Waals surface area (Å²) in [7, 11) is 3.86. The number of hydrogen-bond donors (Lipinski definition) is 1. The SMILES string of the molecule is CCNc1nc(Sc2ncccc2C2C=CCCC2)nc(N(C)C)n1. The minimum atomic E-state index is 0.424. The van der Waals surface area contributed by atoms with Gasteiger partial charge in [0, 0.05) is 32.8 Å². The molecule has 132 valence electrons. The van der Waals surface area contributed by atoms with Gasteiger partial charge in [0.05, 0.1) is 0 Å². The van der Waals surface area contributed by atoms with E-state index in [2.05, 4.69) is 43.5 Å². The Balaban J connectivity index is 1.92. The van der Waals surface area contributed by atoms with Crippen LogP contribution in [-0.2, 0) is 0 Å². The summed E-state index contributed by atoms with van der Waals surface area (Å²) >= 11 is 1.51. The monoisotopic (exact) mass is 356 g/mol. The van der Waals surface area contributed by atoms with Gasteiger partial charge in [-0.2, -0.15) is 15.0 Å². The molecule has 1 aliphatic rings. The van der Waals surface area contributed by atoms with Gasteiger partial charge in [-0.15, -0.1) is 0 Å². The molecule has 0 aromatic carbocycles. The van der Waals surface area contributed by atoms with Crippen LogP contribution in [0.5, 0.6) is 0 Å². The van der Waals surface area contributed by atoms with Gasteiger partial charge in [0.25, 0.3) is 0 Å². The first kappa shape index (κ1) is 17.7. The van der Waals surface area contributed by atoms with Gasteiger partial charge in [-0.3, -0.25) is 0 Å². The van der Waals surface area contributed by atoms with Crippen molar-refractivity contribution >= 4 is 23.7 Å². The van der Waals surface area contributed by atoms with Crippen molar-refractivity contribution in [1.29, 1.82) is 0 Å². The number of anilines is 2. The summed E-state index contributed by atoms with van der Waals surface area (Å²) in [5.74, 6) is 1.66. The summed E-state index contributed by atoms with van der Waals surface area (Å²) in [5.41, 5.74) is 1.25. The number of rotatable bonds is 6. The molecule has 1 atom stereocenters. The molecule has 2 aromatic heterocycles. The van der Waals surface area contributed by atoms with Crippen molar-refractivity contribution < 1.29 is 0 Å². The lowest BCUT2D eigenvalue weighted by molar-refractivity contribution is 0.642. The van der Waals surface area contributed by atoms with E-state index in [4.69, 9.17) is 0 Å². The van der Waals surface area contributed by atoms with Crippen LogP contribution in [0.2, 0.25) is 0 Å². The molecule has 25 heavy (non-hydrogen) atoms. The van der Waals surface area contributed by atoms with Crippen molar-refractivity contribution in [2.45, 2.75) is 42.3 Å². The Morgan fingerprint density at radius 3 is 2.88 bits per heavy atom. The second-order valence-electron chi connectivity index (χ2n) is 6.13. The lowest BCUT2D eigenvalue weighted by Gasteiger charge is -2.19. The van der Waals surface area contributed by atoms with Crippen molar-refractivity contribution in [2.24, 2.45) is 0 Å². The van der Waals surface area contributed by atoms with Crippen molar-refractivity contribution in [3.05, 3.63) is 36.0 Å². The predicted octanol–water partition coefficient (Wildman–Crippen LogP) is 3.74. The Bertz CT molecular complexity index is 746. The second kappa shape index (κ2) is 8.29. The van der Waals surface area contributed by atoms with Crippen LogP contribution in [0.15, 0.2) is 40.7 Å². The highest BCUT2D eigenvalue weighted by Gasteiger charge is 2.18. The zero-order chi connectivity index (χ0) is 17.6. The topological polar surface area (TPSA) is 66.8 Å². The maximum Gasteiger partial charge on any atom is 0.230 e. The zero-order valence-electron chi connectivity index (χ0n) is 14.9. The highest BCUT2D eigenvalue weighted by Crippen LogP contribution is 2.35. The minimum absolute atomic E-state index is 0.424. The fourth-order valence-electron chi connectivity index (χ4n) is 2.76. The first-order valence-electron chi connectivity index (χ1n) is 8.64. The first-order valence-corrected chi connectivity index (χ1v) is 9.45. The van der Waals surface area contributed by atoms with Gasteiger partial charge in [0.2, 0.25) is 17.1 Å². The summed E-state index contributed by atoms with van der Waals surface area (Å²) in [6.45, 7) is 2.79. The standard InChI is InChI=1S/C18H24N6S/c1-4-19-16-21-17(24(2)3)23-18(22-16)25-15-14(11-8-12-20-15)13-9-6-5-7-10-13/h6,8-9,11-13H,4-5,7,10H2,1-3H3,(H,19,21,22,23). The second-order valence-corrected chi connectivity index (χ2v) is 7.09. The molecule has 0 radical (unpaired) electrons. The molecule has 2 aromatic rings. The number of hydrogen-bond acceptors (Lipinski definition) is 7. The summed E-state index contributed by atoms with van der Waals surface area (Å²) in [4.78, 5) is 20.0. The van der Waals surface area contributed by atoms with Crippen molar-refractivity contribution in [3.8, 4) is 0 Å². The third-order valence-electron chi connectivity index (χ3n) is 3.98. The van der Waals surface area contributed by atoms with E-state index < -0.39 is 0 Å². The molecule has 1 aliphatic carbocycles. The number of pyridine rings is 1. The Morgan fingerprint density at radius 1 is 1.28 bits per heavy atom. The van der Waals surface area contributed by atoms with E-state index >= 15 is 0 Å². The fourth-order valence-corrected chi connectivity index (χ4v) is 3.64. The maximum absolute atomic E-state index is 4.59. The van der Waals surface area contributed by atoms with Gasteiger partial charge in [-0.1, -0.05) is 18.2 Å². The van der Waals surface area contributed by atoms with E-state index in [0.717, 1.165) is 11.6 Å². The normalized spacial score (nSPS) is 16.7. The summed E-state index contributed by atoms with van der Waals surface area (Å²) < 4.78 is 0. The highest BCUT2D eigenvalue weighted by molar-refractivity contribution is 7.99. The van der Waals surface area contributed by atoms with Crippen LogP contribution >= 0.6 is 11.8 Å². The van der Waals surface area contributed by atoms with Gasteiger partial charge in [-0.05, 0) is 49.6 Å². The Labute approximate surface area is 153 Å². The van der Waals surface area contributed by atoms with Crippen LogP contribution in [0.3, 0.4) is 0 Å². The zero-order valence-corrected chi connectivity index (χ0v) is 15.8. The van der Waals surface area contributed by atoms with Crippen molar-refractivity contribution in [2.75, 3.05) is 30.9 Å². The van der Waals surface area contributed by atoms with Crippen LogP contribution in [0.25, 0.3) is 0 Å². The van der Waals surface area contributed by atoms with E-state index in [0.29, 0.717) is 23.0 Å². The molecule has 0 amide bonds. The molecule has 0 saturated heterocycles. The predicted molar refractivity (Wildman–Crippen MR) is 102 cm³/mol. The molecule has 6 nitrogen and oxygen atoms in total. The molecule has 0 spiro atoms. The molecule has 0 bridgehead atoms. The Hall–Kier alpha value is -2.15. The quantitative estimate of drug-likeness (QED) is 0.791. The summed E-state index contributed by atoms with van der Waals surface area (Å²) in [6, 6.07) is 4.17. The number of nitrogens with zero attached hydrogens (tertiary/aromatic N) is 5. The van der Waals surface area contributed by atoms with E-state index in [1.807, 2.05) is 38.2 Å². The average Bonchev–Trinajstić information content (AvgIpc) is 2.63. The highest BCUT2D eigenvalue weighted by atomic mass is 32.2. The molecule has 7 heteroatoms. The fraction of sp³-hybridized carbons (Fsp3) is 0.444. The summed E-state index contributed by atoms with van der Waals surface area (Å²) in [6.07, 6.45) is 9.96. The van der Waals surface area contributed by atoms with Crippen LogP contribution in [0.1, 0.15) is 37.7 Å². The Morgan fingerprint density at radius 2 is 2.16 bits per heavy atom. The molecule has 0 saturated carbocycles. The third-order valence-corrected chi connectivity index (χ3v) is 4.88. The van der Waals surface area contributed by atoms with Crippen LogP contribution in [-0.4, -0.2) is 40.6 Å². The molecule has 0 fully saturated rings. The molecular formula is C18H24N6S. The van der Waals surface area contributed by atoms with Gasteiger partial charge >= 0.3 is 0 Å². The van der Waals surface area contributed by atoms with E-state index in [-0.39, 0.29) is 0 Å². The molecule has 1 N–H and O–H groups in total. The van der Waals surface area contributed by atoms with Crippen LogP contribution in [0.4, 0.5) is 11.9 Å². The van der Waals surface area contributed by atoms with E-state index in [1.54, 1.807) is 0 Å². The molecule has 3 rings (SSSR count). The van der Waals surface area contributed by atoms with Gasteiger partial charge in [0.1, 0.15) is 5.03 Å². The largest absolute Gasteiger partial charge is 0.354 e. The molecular weight excluding hydrogens is 332 g/mol. The number of aromatic nitrogens is 4. The smallest absolute Gasteiger partial charge is 0.230 e. The number of allylic oxidation sites excluding steroid dienone is 2. The number of nitrogens with one attached hydrogen (secondary N) is 1. The first-order chi connectivity index (χ1) is 12.2.